The molecule has 0 amide bonds. The van der Waals surface area contributed by atoms with E-state index in [1.165, 1.54) is 5.56 Å². The van der Waals surface area contributed by atoms with Gasteiger partial charge in [0.05, 0.1) is 0 Å². The molecule has 0 unspecified atom stereocenters. The molecule has 98 valence electrons. The molecule has 0 N–H and O–H groups in total. The van der Waals surface area contributed by atoms with Gasteiger partial charge in [-0.15, -0.1) is 0 Å². The van der Waals surface area contributed by atoms with Gasteiger partial charge in [0.25, 0.3) is 0 Å². The molecule has 3 rings (SSSR count). The summed E-state index contributed by atoms with van der Waals surface area (Å²) in [5.74, 6) is 0.820. The monoisotopic (exact) mass is 261 g/mol. The molecule has 0 aliphatic carbocycles. The van der Waals surface area contributed by atoms with Crippen LogP contribution in [0.4, 0.5) is 0 Å². The highest BCUT2D eigenvalue weighted by atomic mass is 16.3. The van der Waals surface area contributed by atoms with Crippen LogP contribution in [0.1, 0.15) is 26.3 Å². The molecule has 3 aromatic rings. The summed E-state index contributed by atoms with van der Waals surface area (Å²) in [5.41, 5.74) is 3.59. The molecule has 0 bridgehead atoms. The van der Waals surface area contributed by atoms with Crippen LogP contribution in [0, 0.1) is 0 Å². The molecule has 3 heteroatoms. The van der Waals surface area contributed by atoms with E-state index in [0.717, 1.165) is 16.7 Å². The fourth-order valence-electron chi connectivity index (χ4n) is 2.26. The first kappa shape index (κ1) is 13.0. The van der Waals surface area contributed by atoms with Gasteiger partial charge in [-0.1, -0.05) is 45.0 Å². The molecular weight excluding hydrogens is 245 g/mol. The van der Waals surface area contributed by atoms with Gasteiger partial charge < -0.3 is 4.42 Å². The van der Waals surface area contributed by atoms with E-state index in [1.807, 2.05) is 12.1 Å². The van der Waals surface area contributed by atoms with E-state index < -0.39 is 0 Å². The number of aromatic nitrogens is 1. The van der Waals surface area contributed by atoms with Crippen molar-refractivity contribution in [2.24, 2.45) is 0 Å². The predicted molar refractivity (Wildman–Crippen MR) is 83.5 cm³/mol. The zero-order valence-electron chi connectivity index (χ0n) is 12.0. The van der Waals surface area contributed by atoms with Crippen molar-refractivity contribution >= 4 is 24.4 Å². The third-order valence-corrected chi connectivity index (χ3v) is 3.50. The van der Waals surface area contributed by atoms with E-state index in [4.69, 9.17) is 12.3 Å². The van der Waals surface area contributed by atoms with Crippen LogP contribution < -0.4 is 5.59 Å². The number of fused-ring (bicyclic) bond motifs is 1. The third kappa shape index (κ3) is 2.24. The summed E-state index contributed by atoms with van der Waals surface area (Å²) >= 11 is 0. The number of furan rings is 1. The first-order valence-corrected chi connectivity index (χ1v) is 6.70. The van der Waals surface area contributed by atoms with Crippen LogP contribution in [0.15, 0.2) is 47.0 Å². The fraction of sp³-hybridized carbons (Fsp3) is 0.235. The first-order valence-electron chi connectivity index (χ1n) is 6.70. The van der Waals surface area contributed by atoms with E-state index in [2.05, 4.69) is 50.0 Å². The van der Waals surface area contributed by atoms with Crippen molar-refractivity contribution in [3.05, 3.63) is 48.2 Å². The zero-order chi connectivity index (χ0) is 14.3. The summed E-state index contributed by atoms with van der Waals surface area (Å²) in [6.07, 6.45) is 1.69. The standard InChI is InChI=1S/C17H16BNO/c1-17(2,3)13-6-4-11(5-7-13)14-10-12-8-9-19-16(18)15(12)20-14/h4-10H,1-3H3. The lowest BCUT2D eigenvalue weighted by Gasteiger charge is -2.18. The van der Waals surface area contributed by atoms with Crippen molar-refractivity contribution in [1.82, 2.24) is 4.98 Å². The molecule has 0 fully saturated rings. The van der Waals surface area contributed by atoms with Gasteiger partial charge in [-0.05, 0) is 23.1 Å². The summed E-state index contributed by atoms with van der Waals surface area (Å²) in [7, 11) is 5.82. The molecule has 0 atom stereocenters. The molecule has 0 spiro atoms. The average Bonchev–Trinajstić information content (AvgIpc) is 2.83. The molecule has 2 radical (unpaired) electrons. The fourth-order valence-corrected chi connectivity index (χ4v) is 2.26. The van der Waals surface area contributed by atoms with Crippen LogP contribution in [-0.4, -0.2) is 12.8 Å². The lowest BCUT2D eigenvalue weighted by molar-refractivity contribution is 0.590. The lowest BCUT2D eigenvalue weighted by Crippen LogP contribution is -2.10. The molecular formula is C17H16BNO. The van der Waals surface area contributed by atoms with E-state index in [1.54, 1.807) is 6.20 Å². The number of rotatable bonds is 1. The van der Waals surface area contributed by atoms with Gasteiger partial charge in [-0.25, -0.2) is 0 Å². The van der Waals surface area contributed by atoms with Crippen LogP contribution in [0.2, 0.25) is 0 Å². The van der Waals surface area contributed by atoms with Crippen molar-refractivity contribution in [3.63, 3.8) is 0 Å². The number of hydrogen-bond acceptors (Lipinski definition) is 2. The molecule has 20 heavy (non-hydrogen) atoms. The van der Waals surface area contributed by atoms with E-state index >= 15 is 0 Å². The highest BCUT2D eigenvalue weighted by Crippen LogP contribution is 2.29. The quantitative estimate of drug-likeness (QED) is 0.626. The van der Waals surface area contributed by atoms with Crippen LogP contribution in [0.3, 0.4) is 0 Å². The number of nitrogens with zero attached hydrogens (tertiary/aromatic N) is 1. The summed E-state index contributed by atoms with van der Waals surface area (Å²) in [6, 6.07) is 12.4. The Morgan fingerprint density at radius 1 is 1.05 bits per heavy atom. The number of hydrogen-bond donors (Lipinski definition) is 0. The van der Waals surface area contributed by atoms with Crippen molar-refractivity contribution in [3.8, 4) is 11.3 Å². The van der Waals surface area contributed by atoms with Crippen molar-refractivity contribution < 1.29 is 4.42 Å². The Bertz CT molecular complexity index is 751. The maximum atomic E-state index is 5.82. The Morgan fingerprint density at radius 2 is 1.75 bits per heavy atom. The van der Waals surface area contributed by atoms with Crippen LogP contribution in [0.25, 0.3) is 22.3 Å². The van der Waals surface area contributed by atoms with Gasteiger partial charge in [-0.3, -0.25) is 4.98 Å². The minimum Gasteiger partial charge on any atom is -0.455 e. The summed E-state index contributed by atoms with van der Waals surface area (Å²) in [4.78, 5) is 4.04. The Hall–Kier alpha value is -2.03. The minimum absolute atomic E-state index is 0.154. The second-order valence-corrected chi connectivity index (χ2v) is 6.05. The topological polar surface area (TPSA) is 26.0 Å². The molecule has 1 aromatic carbocycles. The summed E-state index contributed by atoms with van der Waals surface area (Å²) in [5, 5.41) is 0.979. The first-order chi connectivity index (χ1) is 9.45. The van der Waals surface area contributed by atoms with Gasteiger partial charge in [-0.2, -0.15) is 0 Å². The van der Waals surface area contributed by atoms with E-state index in [0.29, 0.717) is 11.2 Å². The zero-order valence-corrected chi connectivity index (χ0v) is 12.0. The molecule has 0 saturated heterocycles. The second kappa shape index (κ2) is 4.52. The highest BCUT2D eigenvalue weighted by molar-refractivity contribution is 6.36. The average molecular weight is 261 g/mol. The van der Waals surface area contributed by atoms with Crippen LogP contribution in [0.5, 0.6) is 0 Å². The van der Waals surface area contributed by atoms with Gasteiger partial charge in [0.15, 0.2) is 0 Å². The lowest BCUT2D eigenvalue weighted by atomic mass is 9.86. The van der Waals surface area contributed by atoms with Crippen LogP contribution in [-0.2, 0) is 5.41 Å². The Kier molecular flexibility index (Phi) is 2.93. The minimum atomic E-state index is 0.154. The largest absolute Gasteiger partial charge is 0.455 e. The summed E-state index contributed by atoms with van der Waals surface area (Å²) in [6.45, 7) is 6.61. The highest BCUT2D eigenvalue weighted by Gasteiger charge is 2.14. The SMILES string of the molecule is [B]c1nccc2cc(-c3ccc(C(C)(C)C)cc3)oc12. The molecule has 2 nitrogen and oxygen atoms in total. The normalized spacial score (nSPS) is 11.9. The summed E-state index contributed by atoms with van der Waals surface area (Å²) < 4.78 is 5.82. The van der Waals surface area contributed by atoms with Gasteiger partial charge >= 0.3 is 0 Å². The maximum absolute atomic E-state index is 5.82. The predicted octanol–water partition coefficient (Wildman–Crippen LogP) is 3.59. The number of benzene rings is 1. The Morgan fingerprint density at radius 3 is 2.35 bits per heavy atom. The maximum Gasteiger partial charge on any atom is 0.147 e. The van der Waals surface area contributed by atoms with Gasteiger partial charge in [0.2, 0.25) is 0 Å². The van der Waals surface area contributed by atoms with Gasteiger partial charge in [0, 0.05) is 22.7 Å². The third-order valence-electron chi connectivity index (χ3n) is 3.50. The van der Waals surface area contributed by atoms with Crippen molar-refractivity contribution in [2.75, 3.05) is 0 Å². The Balaban J connectivity index is 2.05. The van der Waals surface area contributed by atoms with Gasteiger partial charge in [0.1, 0.15) is 19.2 Å². The van der Waals surface area contributed by atoms with E-state index in [9.17, 15) is 0 Å². The van der Waals surface area contributed by atoms with Crippen LogP contribution >= 0.6 is 0 Å². The van der Waals surface area contributed by atoms with Crippen molar-refractivity contribution in [1.29, 1.82) is 0 Å². The second-order valence-electron chi connectivity index (χ2n) is 6.05. The van der Waals surface area contributed by atoms with E-state index in [-0.39, 0.29) is 5.41 Å². The molecule has 0 aliphatic heterocycles. The molecule has 2 heterocycles. The molecule has 0 saturated carbocycles. The smallest absolute Gasteiger partial charge is 0.147 e. The number of pyridine rings is 1. The molecule has 2 aromatic heterocycles. The Labute approximate surface area is 120 Å². The molecule has 0 aliphatic rings. The van der Waals surface area contributed by atoms with Crippen molar-refractivity contribution in [2.45, 2.75) is 26.2 Å².